The number of pyridine rings is 1. The highest BCUT2D eigenvalue weighted by Crippen LogP contribution is 2.31. The first kappa shape index (κ1) is 22.7. The minimum atomic E-state index is -0.797. The highest BCUT2D eigenvalue weighted by molar-refractivity contribution is 7.13. The first-order chi connectivity index (χ1) is 14.5. The maximum atomic E-state index is 13.5. The minimum absolute atomic E-state index is 0.0635. The van der Waals surface area contributed by atoms with Crippen molar-refractivity contribution in [1.29, 1.82) is 5.41 Å². The lowest BCUT2D eigenvalue weighted by Gasteiger charge is -2.06. The molecule has 0 saturated carbocycles. The van der Waals surface area contributed by atoms with Gasteiger partial charge in [0.1, 0.15) is 10.8 Å². The second-order valence-electron chi connectivity index (χ2n) is 5.77. The van der Waals surface area contributed by atoms with E-state index < -0.39 is 5.83 Å². The number of aromatic nitrogens is 2. The van der Waals surface area contributed by atoms with Crippen molar-refractivity contribution in [3.05, 3.63) is 51.4 Å². The largest absolute Gasteiger partial charge is 0.481 e. The zero-order valence-electron chi connectivity index (χ0n) is 16.5. The predicted molar refractivity (Wildman–Crippen MR) is 117 cm³/mol. The molecule has 0 bridgehead atoms. The summed E-state index contributed by atoms with van der Waals surface area (Å²) in [6.45, 7) is 0. The molecule has 0 fully saturated rings. The van der Waals surface area contributed by atoms with Gasteiger partial charge in [-0.2, -0.15) is 5.10 Å². The number of nitrogens with two attached hydrogens (primary N) is 1. The van der Waals surface area contributed by atoms with Gasteiger partial charge in [0.25, 0.3) is 0 Å². The molecular formula is C19H22FN7O2S. The monoisotopic (exact) mass is 431 g/mol. The second-order valence-corrected chi connectivity index (χ2v) is 6.85. The quantitative estimate of drug-likeness (QED) is 0.245. The fourth-order valence-corrected chi connectivity index (χ4v) is 3.57. The van der Waals surface area contributed by atoms with Gasteiger partial charge < -0.3 is 21.2 Å². The summed E-state index contributed by atoms with van der Waals surface area (Å²) in [6.07, 6.45) is 6.60. The first-order valence-corrected chi connectivity index (χ1v) is 9.58. The number of thiazole rings is 1. The van der Waals surface area contributed by atoms with Gasteiger partial charge in [-0.25, -0.2) is 19.8 Å². The van der Waals surface area contributed by atoms with E-state index in [-0.39, 0.29) is 12.1 Å². The molecule has 5 N–H and O–H groups in total. The summed E-state index contributed by atoms with van der Waals surface area (Å²) in [5.74, 6) is 0.267. The van der Waals surface area contributed by atoms with Crippen molar-refractivity contribution in [2.24, 2.45) is 10.8 Å². The van der Waals surface area contributed by atoms with Crippen LogP contribution in [0.4, 0.5) is 10.2 Å². The minimum Gasteiger partial charge on any atom is -0.481 e. The van der Waals surface area contributed by atoms with Crippen LogP contribution in [0.2, 0.25) is 0 Å². The molecule has 11 heteroatoms. The number of hydrazone groups is 1. The molecule has 0 aliphatic carbocycles. The predicted octanol–water partition coefficient (Wildman–Crippen LogP) is 2.28. The molecular weight excluding hydrogens is 409 g/mol. The average molecular weight is 431 g/mol. The SMILES string of the molecule is CNc1nc(CC(N)=C(F)C=N)sc1C(/C=N\NC=O)=C/Cc1cccnc1OC. The Labute approximate surface area is 177 Å². The van der Waals surface area contributed by atoms with Crippen LogP contribution in [0.25, 0.3) is 5.57 Å². The van der Waals surface area contributed by atoms with Crippen LogP contribution in [0.1, 0.15) is 15.4 Å². The number of carbonyl (C=O) groups excluding carboxylic acids is 1. The first-order valence-electron chi connectivity index (χ1n) is 8.76. The molecule has 1 amide bonds. The average Bonchev–Trinajstić information content (AvgIpc) is 3.18. The Hall–Kier alpha value is -3.60. The maximum Gasteiger partial charge on any atom is 0.227 e. The molecule has 2 aromatic rings. The molecule has 0 spiro atoms. The summed E-state index contributed by atoms with van der Waals surface area (Å²) >= 11 is 1.30. The number of allylic oxidation sites excluding steroid dienone is 4. The Kier molecular flexibility index (Phi) is 8.63. The fraction of sp³-hybridized carbons (Fsp3) is 0.211. The van der Waals surface area contributed by atoms with E-state index in [0.29, 0.717) is 41.3 Å². The standard InChI is InChI=1S/C19H22FN7O2S/c1-23-18-17(30-16(27-18)8-15(22)14(20)9-21)13(10-25-26-11-28)6-5-12-4-3-7-24-19(12)29-2/h3-4,6-7,9-11,21,23H,5,8,22H2,1-2H3,(H,26,28)/b13-6+,15-14?,21-9?,25-10-. The summed E-state index contributed by atoms with van der Waals surface area (Å²) in [5.41, 5.74) is 9.40. The Morgan fingerprint density at radius 1 is 1.50 bits per heavy atom. The molecule has 0 atom stereocenters. The van der Waals surface area contributed by atoms with Gasteiger partial charge in [-0.1, -0.05) is 12.1 Å². The van der Waals surface area contributed by atoms with Crippen molar-refractivity contribution in [3.8, 4) is 5.88 Å². The van der Waals surface area contributed by atoms with E-state index in [0.717, 1.165) is 10.4 Å². The molecule has 0 radical (unpaired) electrons. The highest BCUT2D eigenvalue weighted by Gasteiger charge is 2.15. The normalized spacial score (nSPS) is 12.4. The van der Waals surface area contributed by atoms with E-state index in [2.05, 4.69) is 25.8 Å². The van der Waals surface area contributed by atoms with Crippen LogP contribution in [0.15, 0.2) is 41.0 Å². The molecule has 0 unspecified atom stereocenters. The van der Waals surface area contributed by atoms with Gasteiger partial charge in [0.05, 0.1) is 30.1 Å². The van der Waals surface area contributed by atoms with E-state index >= 15 is 0 Å². The lowest BCUT2D eigenvalue weighted by molar-refractivity contribution is -0.109. The van der Waals surface area contributed by atoms with E-state index in [1.807, 2.05) is 18.2 Å². The van der Waals surface area contributed by atoms with Gasteiger partial charge in [0.2, 0.25) is 12.3 Å². The van der Waals surface area contributed by atoms with Gasteiger partial charge in [-0.05, 0) is 12.5 Å². The molecule has 0 aliphatic rings. The molecule has 30 heavy (non-hydrogen) atoms. The number of carbonyl (C=O) groups is 1. The summed E-state index contributed by atoms with van der Waals surface area (Å²) in [5, 5.41) is 14.4. The third-order valence-corrected chi connectivity index (χ3v) is 4.97. The van der Waals surface area contributed by atoms with E-state index in [4.69, 9.17) is 15.9 Å². The molecule has 0 aromatic carbocycles. The number of ether oxygens (including phenoxy) is 1. The number of anilines is 1. The number of halogens is 1. The van der Waals surface area contributed by atoms with Gasteiger partial charge >= 0.3 is 0 Å². The number of amides is 1. The zero-order valence-corrected chi connectivity index (χ0v) is 17.3. The lowest BCUT2D eigenvalue weighted by atomic mass is 10.1. The van der Waals surface area contributed by atoms with Crippen molar-refractivity contribution >= 4 is 41.6 Å². The Balaban J connectivity index is 2.43. The summed E-state index contributed by atoms with van der Waals surface area (Å²) < 4.78 is 18.8. The molecule has 0 saturated heterocycles. The van der Waals surface area contributed by atoms with E-state index in [1.165, 1.54) is 17.6 Å². The van der Waals surface area contributed by atoms with Gasteiger partial charge in [-0.3, -0.25) is 4.79 Å². The molecule has 9 nitrogen and oxygen atoms in total. The maximum absolute atomic E-state index is 13.5. The van der Waals surface area contributed by atoms with Crippen LogP contribution in [0, 0.1) is 5.41 Å². The van der Waals surface area contributed by atoms with Crippen molar-refractivity contribution in [2.45, 2.75) is 12.8 Å². The second kappa shape index (κ2) is 11.4. The Morgan fingerprint density at radius 2 is 2.30 bits per heavy atom. The van der Waals surface area contributed by atoms with Crippen LogP contribution in [-0.2, 0) is 17.6 Å². The Morgan fingerprint density at radius 3 is 2.97 bits per heavy atom. The lowest BCUT2D eigenvalue weighted by Crippen LogP contribution is -2.04. The molecule has 158 valence electrons. The third-order valence-electron chi connectivity index (χ3n) is 3.86. The van der Waals surface area contributed by atoms with Crippen LogP contribution >= 0.6 is 11.3 Å². The van der Waals surface area contributed by atoms with Crippen molar-refractivity contribution in [1.82, 2.24) is 15.4 Å². The van der Waals surface area contributed by atoms with Gasteiger partial charge in [-0.15, -0.1) is 11.3 Å². The highest BCUT2D eigenvalue weighted by atomic mass is 32.1. The van der Waals surface area contributed by atoms with Crippen molar-refractivity contribution in [3.63, 3.8) is 0 Å². The fourth-order valence-electron chi connectivity index (χ4n) is 2.47. The molecule has 0 aliphatic heterocycles. The molecule has 2 rings (SSSR count). The van der Waals surface area contributed by atoms with Crippen LogP contribution < -0.4 is 21.2 Å². The zero-order chi connectivity index (χ0) is 21.9. The smallest absolute Gasteiger partial charge is 0.227 e. The van der Waals surface area contributed by atoms with Crippen LogP contribution in [0.5, 0.6) is 5.88 Å². The van der Waals surface area contributed by atoms with E-state index in [9.17, 15) is 9.18 Å². The van der Waals surface area contributed by atoms with Crippen LogP contribution in [0.3, 0.4) is 0 Å². The van der Waals surface area contributed by atoms with E-state index in [1.54, 1.807) is 20.4 Å². The number of nitrogens with zero attached hydrogens (tertiary/aromatic N) is 3. The van der Waals surface area contributed by atoms with Gasteiger partial charge in [0.15, 0.2) is 5.83 Å². The number of rotatable bonds is 11. The van der Waals surface area contributed by atoms with Crippen LogP contribution in [-0.4, -0.2) is 43.0 Å². The summed E-state index contributed by atoms with van der Waals surface area (Å²) in [6, 6.07) is 3.70. The number of hydrogen-bond acceptors (Lipinski definition) is 9. The topological polar surface area (TPSA) is 138 Å². The summed E-state index contributed by atoms with van der Waals surface area (Å²) in [7, 11) is 3.26. The number of methoxy groups -OCH3 is 1. The third kappa shape index (κ3) is 5.95. The van der Waals surface area contributed by atoms with Crippen molar-refractivity contribution in [2.75, 3.05) is 19.5 Å². The molecule has 2 heterocycles. The molecule has 2 aromatic heterocycles. The van der Waals surface area contributed by atoms with Crippen molar-refractivity contribution < 1.29 is 13.9 Å². The number of hydrogen-bond donors (Lipinski definition) is 4. The van der Waals surface area contributed by atoms with Gasteiger partial charge in [0, 0.05) is 30.8 Å². The Bertz CT molecular complexity index is 985. The summed E-state index contributed by atoms with van der Waals surface area (Å²) in [4.78, 5) is 19.9. The number of nitrogens with one attached hydrogen (secondary N) is 3.